The number of hydrogen-bond donors (Lipinski definition) is 1. The number of methoxy groups -OCH3 is 1. The molecule has 1 heterocycles. The van der Waals surface area contributed by atoms with Crippen LogP contribution in [0.1, 0.15) is 22.8 Å². The van der Waals surface area contributed by atoms with Gasteiger partial charge in [-0.15, -0.1) is 0 Å². The maximum absolute atomic E-state index is 13.2. The third kappa shape index (κ3) is 7.36. The fourth-order valence-corrected chi connectivity index (χ4v) is 4.86. The van der Waals surface area contributed by atoms with Crippen molar-refractivity contribution in [1.29, 1.82) is 0 Å². The van der Waals surface area contributed by atoms with E-state index >= 15 is 0 Å². The Morgan fingerprint density at radius 3 is 2.58 bits per heavy atom. The van der Waals surface area contributed by atoms with Gasteiger partial charge >= 0.3 is 5.97 Å². The molecule has 1 fully saturated rings. The minimum Gasteiger partial charge on any atom is -0.489 e. The molecular weight excluding hydrogens is 509 g/mol. The number of halogens is 1. The summed E-state index contributed by atoms with van der Waals surface area (Å²) in [4.78, 5) is 25.4. The van der Waals surface area contributed by atoms with Crippen LogP contribution in [-0.2, 0) is 20.7 Å². The van der Waals surface area contributed by atoms with E-state index in [0.717, 1.165) is 11.1 Å². The van der Waals surface area contributed by atoms with Crippen LogP contribution >= 0.6 is 11.8 Å². The molecule has 0 spiro atoms. The van der Waals surface area contributed by atoms with E-state index in [9.17, 15) is 14.0 Å². The fraction of sp³-hybridized carbons (Fsp3) is 0.241. The van der Waals surface area contributed by atoms with Crippen LogP contribution < -0.4 is 9.47 Å². The summed E-state index contributed by atoms with van der Waals surface area (Å²) in [5.41, 5.74) is 2.59. The molecule has 0 saturated carbocycles. The molecule has 1 atom stereocenters. The van der Waals surface area contributed by atoms with Crippen LogP contribution in [-0.4, -0.2) is 54.6 Å². The van der Waals surface area contributed by atoms with E-state index in [-0.39, 0.29) is 24.1 Å². The van der Waals surface area contributed by atoms with Gasteiger partial charge in [0, 0.05) is 13.5 Å². The third-order valence-electron chi connectivity index (χ3n) is 5.79. The minimum absolute atomic E-state index is 0.287. The Hall–Kier alpha value is -3.82. The van der Waals surface area contributed by atoms with Crippen molar-refractivity contribution in [2.75, 3.05) is 32.7 Å². The van der Waals surface area contributed by atoms with E-state index < -0.39 is 12.1 Å². The predicted octanol–water partition coefficient (Wildman–Crippen LogP) is 5.17. The molecule has 4 rings (SSSR count). The number of amides is 1. The molecule has 0 aromatic heterocycles. The molecule has 9 heteroatoms. The van der Waals surface area contributed by atoms with Gasteiger partial charge in [0.15, 0.2) is 11.5 Å². The molecule has 1 N–H and O–H groups in total. The summed E-state index contributed by atoms with van der Waals surface area (Å²) in [5, 5.41) is 9.03. The summed E-state index contributed by atoms with van der Waals surface area (Å²) >= 11 is 1.29. The molecule has 1 aliphatic rings. The summed E-state index contributed by atoms with van der Waals surface area (Å²) in [6.45, 7) is 0.318. The number of ether oxygens (including phenoxy) is 3. The summed E-state index contributed by atoms with van der Waals surface area (Å²) in [6, 6.07) is 21.3. The second-order valence-corrected chi connectivity index (χ2v) is 9.57. The Morgan fingerprint density at radius 1 is 1.11 bits per heavy atom. The Morgan fingerprint density at radius 2 is 1.87 bits per heavy atom. The number of carboxylic acid groups (broad SMARTS) is 1. The van der Waals surface area contributed by atoms with E-state index in [4.69, 9.17) is 19.3 Å². The van der Waals surface area contributed by atoms with Gasteiger partial charge in [0.25, 0.3) is 5.91 Å². The lowest BCUT2D eigenvalue weighted by Crippen LogP contribution is -2.30. The molecule has 7 nitrogen and oxygen atoms in total. The van der Waals surface area contributed by atoms with E-state index in [1.54, 1.807) is 37.5 Å². The summed E-state index contributed by atoms with van der Waals surface area (Å²) in [6.07, 6.45) is 1.89. The molecule has 1 aliphatic heterocycles. The van der Waals surface area contributed by atoms with Crippen LogP contribution in [0.15, 0.2) is 77.7 Å². The van der Waals surface area contributed by atoms with Gasteiger partial charge in [-0.25, -0.2) is 4.39 Å². The van der Waals surface area contributed by atoms with Gasteiger partial charge < -0.3 is 24.2 Å². The molecule has 1 saturated heterocycles. The van der Waals surface area contributed by atoms with Gasteiger partial charge in [0.2, 0.25) is 0 Å². The van der Waals surface area contributed by atoms with E-state index in [1.807, 2.05) is 36.4 Å². The summed E-state index contributed by atoms with van der Waals surface area (Å²) in [5.74, 6) is -0.379. The van der Waals surface area contributed by atoms with Crippen molar-refractivity contribution in [2.24, 2.45) is 0 Å². The predicted molar refractivity (Wildman–Crippen MR) is 144 cm³/mol. The first-order valence-electron chi connectivity index (χ1n) is 12.0. The topological polar surface area (TPSA) is 85.3 Å². The molecule has 1 unspecified atom stereocenters. The molecule has 0 aliphatic carbocycles. The summed E-state index contributed by atoms with van der Waals surface area (Å²) in [7, 11) is 1.60. The second kappa shape index (κ2) is 13.1. The molecule has 0 radical (unpaired) electrons. The SMILES string of the molecule is COCC(Oc1cc(/C=C2\SCN(CC(=O)O)C2=O)ccc1OCCc1ccc(F)cc1)c1ccccc1. The number of aliphatic carboxylic acids is 1. The summed E-state index contributed by atoms with van der Waals surface area (Å²) < 4.78 is 31.1. The highest BCUT2D eigenvalue weighted by atomic mass is 32.2. The number of nitrogens with zero attached hydrogens (tertiary/aromatic N) is 1. The lowest BCUT2D eigenvalue weighted by molar-refractivity contribution is -0.141. The van der Waals surface area contributed by atoms with Gasteiger partial charge in [0.05, 0.1) is 24.0 Å². The lowest BCUT2D eigenvalue weighted by Gasteiger charge is -2.21. The number of carbonyl (C=O) groups is 2. The average molecular weight is 538 g/mol. The van der Waals surface area contributed by atoms with E-state index in [1.165, 1.54) is 28.8 Å². The van der Waals surface area contributed by atoms with Crippen molar-refractivity contribution in [2.45, 2.75) is 12.5 Å². The lowest BCUT2D eigenvalue weighted by atomic mass is 10.1. The number of benzene rings is 3. The maximum atomic E-state index is 13.2. The average Bonchev–Trinajstić information content (AvgIpc) is 3.24. The van der Waals surface area contributed by atoms with Crippen molar-refractivity contribution in [3.8, 4) is 11.5 Å². The van der Waals surface area contributed by atoms with Gasteiger partial charge in [-0.05, 0) is 47.0 Å². The van der Waals surface area contributed by atoms with Gasteiger partial charge in [-0.3, -0.25) is 9.59 Å². The Bertz CT molecular complexity index is 1280. The highest BCUT2D eigenvalue weighted by Gasteiger charge is 2.28. The quantitative estimate of drug-likeness (QED) is 0.319. The Kier molecular flexibility index (Phi) is 9.40. The van der Waals surface area contributed by atoms with Crippen molar-refractivity contribution < 1.29 is 33.3 Å². The van der Waals surface area contributed by atoms with Crippen LogP contribution in [0.3, 0.4) is 0 Å². The van der Waals surface area contributed by atoms with Crippen LogP contribution in [0.2, 0.25) is 0 Å². The van der Waals surface area contributed by atoms with Gasteiger partial charge in [-0.2, -0.15) is 0 Å². The first kappa shape index (κ1) is 27.2. The molecular formula is C29H28FNO6S. The zero-order chi connectivity index (χ0) is 26.9. The largest absolute Gasteiger partial charge is 0.489 e. The number of carbonyl (C=O) groups excluding carboxylic acids is 1. The number of carboxylic acids is 1. The van der Waals surface area contributed by atoms with Gasteiger partial charge in [0.1, 0.15) is 18.5 Å². The van der Waals surface area contributed by atoms with Crippen LogP contribution in [0.25, 0.3) is 6.08 Å². The molecule has 198 valence electrons. The highest BCUT2D eigenvalue weighted by Crippen LogP contribution is 2.35. The van der Waals surface area contributed by atoms with E-state index in [0.29, 0.717) is 41.6 Å². The highest BCUT2D eigenvalue weighted by molar-refractivity contribution is 8.04. The first-order chi connectivity index (χ1) is 18.4. The van der Waals surface area contributed by atoms with Crippen LogP contribution in [0, 0.1) is 5.82 Å². The standard InChI is InChI=1S/C29H28FNO6S/c1-35-18-26(22-5-3-2-4-6-22)37-25-15-21(16-27-29(34)31(19-38-27)17-28(32)33)9-12-24(25)36-14-13-20-7-10-23(30)11-8-20/h2-12,15-16,26H,13-14,17-19H2,1H3,(H,32,33)/b27-16-. The Balaban J connectivity index is 1.57. The molecule has 38 heavy (non-hydrogen) atoms. The number of hydrogen-bond acceptors (Lipinski definition) is 6. The monoisotopic (exact) mass is 537 g/mol. The molecule has 0 bridgehead atoms. The maximum Gasteiger partial charge on any atom is 0.323 e. The molecule has 1 amide bonds. The Labute approximate surface area is 224 Å². The van der Waals surface area contributed by atoms with E-state index in [2.05, 4.69) is 0 Å². The minimum atomic E-state index is -1.05. The van der Waals surface area contributed by atoms with Crippen molar-refractivity contribution in [3.63, 3.8) is 0 Å². The van der Waals surface area contributed by atoms with Crippen LogP contribution in [0.4, 0.5) is 4.39 Å². The smallest absolute Gasteiger partial charge is 0.323 e. The molecule has 3 aromatic rings. The first-order valence-corrected chi connectivity index (χ1v) is 13.0. The fourth-order valence-electron chi connectivity index (χ4n) is 3.89. The zero-order valence-electron chi connectivity index (χ0n) is 20.8. The van der Waals surface area contributed by atoms with Gasteiger partial charge in [-0.1, -0.05) is 60.3 Å². The normalized spacial score (nSPS) is 15.1. The number of rotatable bonds is 12. The number of thioether (sulfide) groups is 1. The van der Waals surface area contributed by atoms with Crippen molar-refractivity contribution in [1.82, 2.24) is 4.90 Å². The second-order valence-electron chi connectivity index (χ2n) is 8.58. The van der Waals surface area contributed by atoms with Crippen molar-refractivity contribution >= 4 is 29.7 Å². The van der Waals surface area contributed by atoms with Crippen LogP contribution in [0.5, 0.6) is 11.5 Å². The van der Waals surface area contributed by atoms with Crippen molar-refractivity contribution in [3.05, 3.63) is 100 Å². The zero-order valence-corrected chi connectivity index (χ0v) is 21.7. The molecule has 3 aromatic carbocycles. The third-order valence-corrected chi connectivity index (χ3v) is 6.83.